The van der Waals surface area contributed by atoms with Gasteiger partial charge in [0.1, 0.15) is 6.54 Å². The molecule has 8 heteroatoms. The molecule has 0 saturated heterocycles. The lowest BCUT2D eigenvalue weighted by atomic mass is 10.1. The van der Waals surface area contributed by atoms with E-state index in [1.54, 1.807) is 36.4 Å². The van der Waals surface area contributed by atoms with Gasteiger partial charge in [-0.2, -0.15) is 0 Å². The van der Waals surface area contributed by atoms with Gasteiger partial charge in [-0.3, -0.25) is 9.10 Å². The number of benzene rings is 4. The number of amides is 1. The molecule has 4 aromatic rings. The fourth-order valence-electron chi connectivity index (χ4n) is 3.61. The number of fused-ring (bicyclic) bond motifs is 1. The molecule has 0 radical (unpaired) electrons. The van der Waals surface area contributed by atoms with Crippen molar-refractivity contribution in [3.8, 4) is 11.5 Å². The summed E-state index contributed by atoms with van der Waals surface area (Å²) >= 11 is 0. The van der Waals surface area contributed by atoms with E-state index in [9.17, 15) is 13.2 Å². The Morgan fingerprint density at radius 1 is 0.794 bits per heavy atom. The van der Waals surface area contributed by atoms with E-state index in [1.165, 1.54) is 32.4 Å². The van der Waals surface area contributed by atoms with Gasteiger partial charge < -0.3 is 14.8 Å². The lowest BCUT2D eigenvalue weighted by Crippen LogP contribution is -2.38. The number of carbonyl (C=O) groups is 1. The van der Waals surface area contributed by atoms with Gasteiger partial charge in [0.2, 0.25) is 5.91 Å². The second-order valence-corrected chi connectivity index (χ2v) is 9.34. The highest BCUT2D eigenvalue weighted by molar-refractivity contribution is 7.92. The number of methoxy groups -OCH3 is 2. The molecule has 0 heterocycles. The van der Waals surface area contributed by atoms with Gasteiger partial charge in [0, 0.05) is 11.8 Å². The van der Waals surface area contributed by atoms with Gasteiger partial charge in [-0.05, 0) is 47.2 Å². The molecular formula is C26H24N2O5S. The van der Waals surface area contributed by atoms with Crippen LogP contribution in [0.1, 0.15) is 0 Å². The number of sulfonamides is 1. The molecule has 0 aliphatic carbocycles. The Morgan fingerprint density at radius 2 is 1.47 bits per heavy atom. The SMILES string of the molecule is COc1ccc(S(=O)(=O)N(CC(=O)Nc2ccc3ccccc3c2)c2ccccc2)cc1OC. The van der Waals surface area contributed by atoms with Crippen LogP contribution < -0.4 is 19.1 Å². The largest absolute Gasteiger partial charge is 0.493 e. The van der Waals surface area contributed by atoms with Crippen LogP contribution in [0, 0.1) is 0 Å². The molecule has 4 aromatic carbocycles. The van der Waals surface area contributed by atoms with E-state index in [1.807, 2.05) is 36.4 Å². The first-order valence-corrected chi connectivity index (χ1v) is 11.9. The van der Waals surface area contributed by atoms with Gasteiger partial charge in [-0.25, -0.2) is 8.42 Å². The van der Waals surface area contributed by atoms with Crippen LogP contribution in [0.3, 0.4) is 0 Å². The second kappa shape index (κ2) is 9.84. The first-order chi connectivity index (χ1) is 16.4. The van der Waals surface area contributed by atoms with Crippen LogP contribution >= 0.6 is 0 Å². The van der Waals surface area contributed by atoms with Crippen molar-refractivity contribution in [3.63, 3.8) is 0 Å². The molecule has 0 bridgehead atoms. The summed E-state index contributed by atoms with van der Waals surface area (Å²) in [5.74, 6) is 0.210. The smallest absolute Gasteiger partial charge is 0.264 e. The normalized spacial score (nSPS) is 11.1. The number of nitrogens with one attached hydrogen (secondary N) is 1. The Kier molecular flexibility index (Phi) is 6.70. The molecule has 0 fully saturated rings. The number of para-hydroxylation sites is 1. The molecule has 0 unspecified atom stereocenters. The molecule has 1 amide bonds. The van der Waals surface area contributed by atoms with Crippen LogP contribution in [0.2, 0.25) is 0 Å². The lowest BCUT2D eigenvalue weighted by Gasteiger charge is -2.24. The second-order valence-electron chi connectivity index (χ2n) is 7.47. The van der Waals surface area contributed by atoms with Crippen molar-refractivity contribution in [1.29, 1.82) is 0 Å². The van der Waals surface area contributed by atoms with Crippen LogP contribution in [0.25, 0.3) is 10.8 Å². The number of nitrogens with zero attached hydrogens (tertiary/aromatic N) is 1. The Hall–Kier alpha value is -4.04. The number of hydrogen-bond donors (Lipinski definition) is 1. The fraction of sp³-hybridized carbons (Fsp3) is 0.115. The number of anilines is 2. The third-order valence-electron chi connectivity index (χ3n) is 5.31. The molecule has 174 valence electrons. The van der Waals surface area contributed by atoms with Crippen LogP contribution in [0.5, 0.6) is 11.5 Å². The van der Waals surface area contributed by atoms with Gasteiger partial charge in [0.25, 0.3) is 10.0 Å². The summed E-state index contributed by atoms with van der Waals surface area (Å²) in [6.07, 6.45) is 0. The summed E-state index contributed by atoms with van der Waals surface area (Å²) in [4.78, 5) is 13.0. The molecule has 0 aromatic heterocycles. The maximum Gasteiger partial charge on any atom is 0.264 e. The predicted octanol–water partition coefficient (Wildman–Crippen LogP) is 4.69. The average Bonchev–Trinajstić information content (AvgIpc) is 2.87. The molecule has 0 aliphatic rings. The van der Waals surface area contributed by atoms with Crippen molar-refractivity contribution < 1.29 is 22.7 Å². The minimum absolute atomic E-state index is 0.0208. The highest BCUT2D eigenvalue weighted by Gasteiger charge is 2.28. The maximum absolute atomic E-state index is 13.6. The van der Waals surface area contributed by atoms with E-state index in [-0.39, 0.29) is 10.6 Å². The minimum atomic E-state index is -4.10. The highest BCUT2D eigenvalue weighted by atomic mass is 32.2. The molecule has 7 nitrogen and oxygen atoms in total. The summed E-state index contributed by atoms with van der Waals surface area (Å²) in [7, 11) is -1.19. The molecule has 1 N–H and O–H groups in total. The van der Waals surface area contributed by atoms with E-state index in [0.717, 1.165) is 15.1 Å². The third kappa shape index (κ3) is 4.82. The van der Waals surface area contributed by atoms with Crippen molar-refractivity contribution in [3.05, 3.63) is 91.0 Å². The van der Waals surface area contributed by atoms with Crippen molar-refractivity contribution in [1.82, 2.24) is 0 Å². The number of carbonyl (C=O) groups excluding carboxylic acids is 1. The first kappa shape index (κ1) is 23.1. The van der Waals surface area contributed by atoms with Crippen molar-refractivity contribution in [2.45, 2.75) is 4.90 Å². The summed E-state index contributed by atoms with van der Waals surface area (Å²) < 4.78 is 38.8. The molecule has 0 atom stereocenters. The van der Waals surface area contributed by atoms with Gasteiger partial charge in [0.05, 0.1) is 24.8 Å². The van der Waals surface area contributed by atoms with Gasteiger partial charge >= 0.3 is 0 Å². The average molecular weight is 477 g/mol. The zero-order chi connectivity index (χ0) is 24.1. The van der Waals surface area contributed by atoms with Crippen LogP contribution in [-0.4, -0.2) is 35.1 Å². The minimum Gasteiger partial charge on any atom is -0.493 e. The molecule has 0 spiro atoms. The van der Waals surface area contributed by atoms with Crippen molar-refractivity contribution >= 4 is 38.1 Å². The summed E-state index contributed by atoms with van der Waals surface area (Å²) in [6.45, 7) is -0.409. The molecule has 34 heavy (non-hydrogen) atoms. The number of ether oxygens (including phenoxy) is 2. The van der Waals surface area contributed by atoms with E-state index in [4.69, 9.17) is 9.47 Å². The summed E-state index contributed by atoms with van der Waals surface area (Å²) in [5, 5.41) is 4.82. The topological polar surface area (TPSA) is 84.9 Å². The number of rotatable bonds is 8. The quantitative estimate of drug-likeness (QED) is 0.399. The number of hydrogen-bond acceptors (Lipinski definition) is 5. The first-order valence-electron chi connectivity index (χ1n) is 10.5. The van der Waals surface area contributed by atoms with E-state index < -0.39 is 22.5 Å². The summed E-state index contributed by atoms with van der Waals surface area (Å²) in [5.41, 5.74) is 0.950. The standard InChI is InChI=1S/C26H24N2O5S/c1-32-24-15-14-23(17-25(24)33-2)34(30,31)28(22-10-4-3-5-11-22)18-26(29)27-21-13-12-19-8-6-7-9-20(19)16-21/h3-17H,18H2,1-2H3,(H,27,29). The Labute approximate surface area is 198 Å². The predicted molar refractivity (Wildman–Crippen MR) is 133 cm³/mol. The Balaban J connectivity index is 1.65. The van der Waals surface area contributed by atoms with Gasteiger partial charge in [-0.15, -0.1) is 0 Å². The highest BCUT2D eigenvalue weighted by Crippen LogP contribution is 2.32. The van der Waals surface area contributed by atoms with Crippen LogP contribution in [0.4, 0.5) is 11.4 Å². The molecule has 0 aliphatic heterocycles. The van der Waals surface area contributed by atoms with Crippen molar-refractivity contribution in [2.24, 2.45) is 0 Å². The van der Waals surface area contributed by atoms with Crippen molar-refractivity contribution in [2.75, 3.05) is 30.4 Å². The van der Waals surface area contributed by atoms with Crippen LogP contribution in [0.15, 0.2) is 95.9 Å². The lowest BCUT2D eigenvalue weighted by molar-refractivity contribution is -0.114. The monoisotopic (exact) mass is 476 g/mol. The zero-order valence-electron chi connectivity index (χ0n) is 18.8. The van der Waals surface area contributed by atoms with Gasteiger partial charge in [-0.1, -0.05) is 48.5 Å². The van der Waals surface area contributed by atoms with Crippen LogP contribution in [-0.2, 0) is 14.8 Å². The fourth-order valence-corrected chi connectivity index (χ4v) is 5.05. The Bertz CT molecular complexity index is 1420. The zero-order valence-corrected chi connectivity index (χ0v) is 19.6. The maximum atomic E-state index is 13.6. The molecular weight excluding hydrogens is 452 g/mol. The molecule has 0 saturated carbocycles. The third-order valence-corrected chi connectivity index (χ3v) is 7.08. The Morgan fingerprint density at radius 3 is 2.18 bits per heavy atom. The summed E-state index contributed by atoms with van der Waals surface area (Å²) in [6, 6.07) is 26.1. The van der Waals surface area contributed by atoms with E-state index in [0.29, 0.717) is 17.1 Å². The van der Waals surface area contributed by atoms with E-state index >= 15 is 0 Å². The molecule has 4 rings (SSSR count). The van der Waals surface area contributed by atoms with E-state index in [2.05, 4.69) is 5.32 Å². The van der Waals surface area contributed by atoms with Gasteiger partial charge in [0.15, 0.2) is 11.5 Å².